The van der Waals surface area contributed by atoms with Crippen LogP contribution in [0.4, 0.5) is 10.5 Å². The van der Waals surface area contributed by atoms with Gasteiger partial charge in [-0.3, -0.25) is 4.90 Å². The van der Waals surface area contributed by atoms with E-state index >= 15 is 0 Å². The second kappa shape index (κ2) is 10.4. The molecule has 1 fully saturated rings. The topological polar surface area (TPSA) is 52.6 Å². The lowest BCUT2D eigenvalue weighted by molar-refractivity contribution is 0.189. The van der Waals surface area contributed by atoms with Gasteiger partial charge >= 0.3 is 6.09 Å². The van der Waals surface area contributed by atoms with Gasteiger partial charge in [-0.15, -0.1) is 0 Å². The average Bonchev–Trinajstić information content (AvgIpc) is 2.79. The van der Waals surface area contributed by atoms with Crippen LogP contribution in [0.25, 0.3) is 0 Å². The minimum absolute atomic E-state index is 0.00203. The number of nitrogens with zero attached hydrogens (tertiary/aromatic N) is 1. The van der Waals surface area contributed by atoms with Gasteiger partial charge in [-0.25, -0.2) is 4.79 Å². The van der Waals surface area contributed by atoms with Crippen LogP contribution in [0, 0.1) is 5.92 Å². The maximum absolute atomic E-state index is 12.1. The highest BCUT2D eigenvalue weighted by atomic mass is 35.5. The maximum atomic E-state index is 12.1. The molecule has 33 heavy (non-hydrogen) atoms. The molecule has 4 atom stereocenters. The second-order valence-corrected chi connectivity index (χ2v) is 9.76. The van der Waals surface area contributed by atoms with E-state index in [9.17, 15) is 9.90 Å². The van der Waals surface area contributed by atoms with E-state index in [1.54, 1.807) is 6.07 Å². The molecule has 4 unspecified atom stereocenters. The molecule has 4 nitrogen and oxygen atoms in total. The second-order valence-electron chi connectivity index (χ2n) is 8.48. The van der Waals surface area contributed by atoms with Crippen LogP contribution in [-0.4, -0.2) is 23.8 Å². The molecule has 1 saturated heterocycles. The highest BCUT2D eigenvalue weighted by Gasteiger charge is 2.38. The Balaban J connectivity index is 1.68. The fourth-order valence-electron chi connectivity index (χ4n) is 4.68. The zero-order valence-corrected chi connectivity index (χ0v) is 20.4. The first-order chi connectivity index (χ1) is 15.8. The first-order valence-electron chi connectivity index (χ1n) is 10.9. The molecule has 1 amide bonds. The lowest BCUT2D eigenvalue weighted by Gasteiger charge is -2.43. The van der Waals surface area contributed by atoms with Crippen LogP contribution in [0.2, 0.25) is 15.1 Å². The number of anilines is 1. The smallest absolute Gasteiger partial charge is 0.411 e. The Morgan fingerprint density at radius 2 is 1.67 bits per heavy atom. The zero-order chi connectivity index (χ0) is 23.5. The van der Waals surface area contributed by atoms with Gasteiger partial charge in [0.15, 0.2) is 0 Å². The van der Waals surface area contributed by atoms with Crippen molar-refractivity contribution < 1.29 is 9.90 Å². The Hall–Kier alpha value is -2.24. The standard InChI is InChI=1S/C26H25Cl3N2O2/c1-16-18(15-31(26(32)33)21-5-3-2-4-6-21)13-23(22-12-11-20(28)14-24(22)29)25(30-16)17-7-9-19(27)10-8-17/h2-12,14,16,18,23,25,30H,13,15H2,1H3,(H,32,33). The summed E-state index contributed by atoms with van der Waals surface area (Å²) in [6.07, 6.45) is -0.200. The summed E-state index contributed by atoms with van der Waals surface area (Å²) in [6.45, 7) is 2.49. The van der Waals surface area contributed by atoms with E-state index in [4.69, 9.17) is 34.8 Å². The number of halogens is 3. The molecule has 0 aliphatic carbocycles. The van der Waals surface area contributed by atoms with Crippen molar-refractivity contribution in [2.24, 2.45) is 5.92 Å². The van der Waals surface area contributed by atoms with Crippen LogP contribution in [-0.2, 0) is 0 Å². The number of hydrogen-bond donors (Lipinski definition) is 2. The van der Waals surface area contributed by atoms with Crippen LogP contribution in [0.1, 0.15) is 36.4 Å². The minimum atomic E-state index is -0.964. The lowest BCUT2D eigenvalue weighted by Crippen LogP contribution is -2.49. The number of hydrogen-bond acceptors (Lipinski definition) is 2. The Labute approximate surface area is 209 Å². The number of rotatable bonds is 5. The van der Waals surface area contributed by atoms with E-state index in [0.717, 1.165) is 17.5 Å². The zero-order valence-electron chi connectivity index (χ0n) is 18.1. The third-order valence-electron chi connectivity index (χ3n) is 6.42. The normalized spacial score (nSPS) is 22.7. The minimum Gasteiger partial charge on any atom is -0.465 e. The molecule has 4 rings (SSSR count). The van der Waals surface area contributed by atoms with Gasteiger partial charge in [0.05, 0.1) is 0 Å². The predicted molar refractivity (Wildman–Crippen MR) is 136 cm³/mol. The quantitative estimate of drug-likeness (QED) is 0.376. The fraction of sp³-hybridized carbons (Fsp3) is 0.269. The van der Waals surface area contributed by atoms with Gasteiger partial charge in [-0.2, -0.15) is 0 Å². The van der Waals surface area contributed by atoms with Crippen molar-refractivity contribution in [1.82, 2.24) is 5.32 Å². The molecule has 0 spiro atoms. The van der Waals surface area contributed by atoms with Gasteiger partial charge in [-0.1, -0.05) is 71.2 Å². The van der Waals surface area contributed by atoms with Gasteiger partial charge in [0, 0.05) is 45.3 Å². The molecule has 172 valence electrons. The molecule has 1 aliphatic heterocycles. The lowest BCUT2D eigenvalue weighted by atomic mass is 9.74. The Morgan fingerprint density at radius 1 is 1.00 bits per heavy atom. The summed E-state index contributed by atoms with van der Waals surface area (Å²) in [6, 6.07) is 22.7. The van der Waals surface area contributed by atoms with Crippen molar-refractivity contribution in [1.29, 1.82) is 0 Å². The summed E-state index contributed by atoms with van der Waals surface area (Å²) in [7, 11) is 0. The largest absolute Gasteiger partial charge is 0.465 e. The van der Waals surface area contributed by atoms with Crippen molar-refractivity contribution in [2.75, 3.05) is 11.4 Å². The number of carbonyl (C=O) groups is 1. The molecule has 3 aromatic rings. The monoisotopic (exact) mass is 502 g/mol. The molecule has 7 heteroatoms. The van der Waals surface area contributed by atoms with Crippen LogP contribution < -0.4 is 10.2 Å². The van der Waals surface area contributed by atoms with E-state index in [0.29, 0.717) is 27.3 Å². The average molecular weight is 504 g/mol. The number of benzene rings is 3. The van der Waals surface area contributed by atoms with Gasteiger partial charge in [0.25, 0.3) is 0 Å². The number of piperidine rings is 1. The Morgan fingerprint density at radius 3 is 2.30 bits per heavy atom. The van der Waals surface area contributed by atoms with Gasteiger partial charge in [0.2, 0.25) is 0 Å². The summed E-state index contributed by atoms with van der Waals surface area (Å²) in [5.41, 5.74) is 2.77. The Kier molecular flexibility index (Phi) is 7.50. The first-order valence-corrected chi connectivity index (χ1v) is 12.0. The van der Waals surface area contributed by atoms with Gasteiger partial charge in [0.1, 0.15) is 0 Å². The molecule has 0 saturated carbocycles. The van der Waals surface area contributed by atoms with Gasteiger partial charge in [-0.05, 0) is 66.8 Å². The summed E-state index contributed by atoms with van der Waals surface area (Å²) in [4.78, 5) is 13.5. The number of nitrogens with one attached hydrogen (secondary N) is 1. The van der Waals surface area contributed by atoms with Gasteiger partial charge < -0.3 is 10.4 Å². The first kappa shape index (κ1) is 23.9. The third-order valence-corrected chi connectivity index (χ3v) is 7.23. The molecular formula is C26H25Cl3N2O2. The number of amides is 1. The number of para-hydroxylation sites is 1. The van der Waals surface area contributed by atoms with Crippen molar-refractivity contribution in [3.8, 4) is 0 Å². The Bertz CT molecular complexity index is 1110. The van der Waals surface area contributed by atoms with Crippen molar-refractivity contribution in [2.45, 2.75) is 31.3 Å². The summed E-state index contributed by atoms with van der Waals surface area (Å²) < 4.78 is 0. The maximum Gasteiger partial charge on any atom is 0.411 e. The van der Waals surface area contributed by atoms with Crippen LogP contribution in [0.3, 0.4) is 0 Å². The molecule has 2 N–H and O–H groups in total. The van der Waals surface area contributed by atoms with E-state index in [1.807, 2.05) is 66.7 Å². The van der Waals surface area contributed by atoms with Crippen molar-refractivity contribution in [3.63, 3.8) is 0 Å². The summed E-state index contributed by atoms with van der Waals surface area (Å²) in [5, 5.41) is 15.5. The molecule has 0 radical (unpaired) electrons. The van der Waals surface area contributed by atoms with E-state index in [-0.39, 0.29) is 23.9 Å². The molecule has 3 aromatic carbocycles. The van der Waals surface area contributed by atoms with Crippen LogP contribution >= 0.6 is 34.8 Å². The predicted octanol–water partition coefficient (Wildman–Crippen LogP) is 7.65. The summed E-state index contributed by atoms with van der Waals surface area (Å²) in [5.74, 6) is 0.102. The molecular weight excluding hydrogens is 479 g/mol. The molecule has 1 heterocycles. The van der Waals surface area contributed by atoms with Crippen molar-refractivity contribution in [3.05, 3.63) is 99.0 Å². The molecule has 1 aliphatic rings. The highest BCUT2D eigenvalue weighted by molar-refractivity contribution is 6.35. The fourth-order valence-corrected chi connectivity index (χ4v) is 5.35. The van der Waals surface area contributed by atoms with Crippen LogP contribution in [0.15, 0.2) is 72.8 Å². The van der Waals surface area contributed by atoms with E-state index < -0.39 is 6.09 Å². The highest BCUT2D eigenvalue weighted by Crippen LogP contribution is 2.44. The van der Waals surface area contributed by atoms with E-state index in [1.165, 1.54) is 4.90 Å². The summed E-state index contributed by atoms with van der Waals surface area (Å²) >= 11 is 18.9. The molecule has 0 aromatic heterocycles. The SMILES string of the molecule is CC1NC(c2ccc(Cl)cc2)C(c2ccc(Cl)cc2Cl)CC1CN(C(=O)O)c1ccccc1. The van der Waals surface area contributed by atoms with E-state index in [2.05, 4.69) is 12.2 Å². The third kappa shape index (κ3) is 5.47. The van der Waals surface area contributed by atoms with Crippen molar-refractivity contribution >= 4 is 46.6 Å². The van der Waals surface area contributed by atoms with Crippen LogP contribution in [0.5, 0.6) is 0 Å². The molecule has 0 bridgehead atoms. The number of carboxylic acid groups (broad SMARTS) is 1.